The summed E-state index contributed by atoms with van der Waals surface area (Å²) >= 11 is 0. The molecule has 0 saturated carbocycles. The Balaban J connectivity index is 0.000000256. The minimum absolute atomic E-state index is 0. The molecule has 0 radical (unpaired) electrons. The monoisotopic (exact) mass is 830 g/mol. The van der Waals surface area contributed by atoms with Gasteiger partial charge in [0, 0.05) is 34.2 Å². The van der Waals surface area contributed by atoms with Gasteiger partial charge in [0.1, 0.15) is 0 Å². The van der Waals surface area contributed by atoms with Crippen LogP contribution in [0.1, 0.15) is 108 Å². The van der Waals surface area contributed by atoms with Crippen molar-refractivity contribution in [2.75, 3.05) is 9.80 Å². The third-order valence-corrected chi connectivity index (χ3v) is 11.3. The standard InChI is InChI=1S/2C26H33N3.Fe/c2*1-16-10-18(3)25(19(4)11-16)27-22(7)14-28-15-29(24(9)23(28)8)26-20(5)12-17(2)13-21(26)6;/h2*10-15H,1-9H3;/q2*-2;+4/b2*22-14-;. The average Bonchev–Trinajstić information content (AvgIpc) is 3.52. The Morgan fingerprint density at radius 1 is 0.390 bits per heavy atom. The van der Waals surface area contributed by atoms with Gasteiger partial charge in [-0.15, -0.1) is 36.1 Å². The summed E-state index contributed by atoms with van der Waals surface area (Å²) < 4.78 is 0. The van der Waals surface area contributed by atoms with Crippen molar-refractivity contribution in [1.82, 2.24) is 9.80 Å². The molecular formula is C52H66FeN6. The van der Waals surface area contributed by atoms with E-state index in [4.69, 9.17) is 10.6 Å². The van der Waals surface area contributed by atoms with E-state index in [-0.39, 0.29) is 17.1 Å². The van der Waals surface area contributed by atoms with E-state index in [0.29, 0.717) is 0 Å². The second kappa shape index (κ2) is 19.0. The van der Waals surface area contributed by atoms with E-state index in [9.17, 15) is 0 Å². The molecule has 6 nitrogen and oxygen atoms in total. The summed E-state index contributed by atoms with van der Waals surface area (Å²) in [6, 6.07) is 17.8. The number of allylic oxidation sites excluding steroid dienone is 6. The molecule has 0 aliphatic carbocycles. The van der Waals surface area contributed by atoms with Gasteiger partial charge >= 0.3 is 17.1 Å². The minimum Gasteiger partial charge on any atom is -0.660 e. The van der Waals surface area contributed by atoms with Gasteiger partial charge in [-0.2, -0.15) is 0 Å². The van der Waals surface area contributed by atoms with Crippen molar-refractivity contribution in [2.45, 2.75) is 125 Å². The van der Waals surface area contributed by atoms with Crippen LogP contribution >= 0.6 is 0 Å². The second-order valence-electron chi connectivity index (χ2n) is 16.9. The van der Waals surface area contributed by atoms with Crippen LogP contribution in [0.4, 0.5) is 22.7 Å². The maximum atomic E-state index is 4.92. The molecule has 0 fully saturated rings. The molecule has 0 N–H and O–H groups in total. The molecular weight excluding hydrogens is 764 g/mol. The Morgan fingerprint density at radius 2 is 0.627 bits per heavy atom. The molecule has 0 amide bonds. The first-order valence-electron chi connectivity index (χ1n) is 20.5. The minimum atomic E-state index is 0. The molecule has 0 aromatic heterocycles. The van der Waals surface area contributed by atoms with Crippen molar-refractivity contribution in [3.8, 4) is 0 Å². The van der Waals surface area contributed by atoms with E-state index >= 15 is 0 Å². The van der Waals surface area contributed by atoms with Crippen LogP contribution in [0, 0.1) is 96.4 Å². The first-order chi connectivity index (χ1) is 27.2. The van der Waals surface area contributed by atoms with Gasteiger partial charge < -0.3 is 30.2 Å². The van der Waals surface area contributed by atoms with Crippen LogP contribution < -0.4 is 9.80 Å². The van der Waals surface area contributed by atoms with Crippen molar-refractivity contribution in [2.24, 2.45) is 0 Å². The van der Waals surface area contributed by atoms with Crippen LogP contribution in [0.5, 0.6) is 0 Å². The molecule has 0 saturated heterocycles. The van der Waals surface area contributed by atoms with E-state index < -0.39 is 0 Å². The molecule has 4 aromatic carbocycles. The van der Waals surface area contributed by atoms with E-state index in [1.165, 1.54) is 101 Å². The van der Waals surface area contributed by atoms with Crippen LogP contribution in [-0.2, 0) is 17.1 Å². The van der Waals surface area contributed by atoms with Gasteiger partial charge in [0.05, 0.1) is 0 Å². The number of nitrogens with zero attached hydrogens (tertiary/aromatic N) is 6. The number of anilines is 2. The van der Waals surface area contributed by atoms with Crippen LogP contribution in [0.15, 0.2) is 95.1 Å². The van der Waals surface area contributed by atoms with Gasteiger partial charge in [-0.25, -0.2) is 0 Å². The molecule has 0 unspecified atom stereocenters. The van der Waals surface area contributed by atoms with Crippen molar-refractivity contribution in [1.29, 1.82) is 0 Å². The fourth-order valence-corrected chi connectivity index (χ4v) is 8.64. The van der Waals surface area contributed by atoms with E-state index in [2.05, 4.69) is 218 Å². The zero-order valence-corrected chi connectivity index (χ0v) is 40.1. The summed E-state index contributed by atoms with van der Waals surface area (Å²) in [5, 5.41) is 9.85. The van der Waals surface area contributed by atoms with Crippen molar-refractivity contribution < 1.29 is 17.1 Å². The average molecular weight is 831 g/mol. The van der Waals surface area contributed by atoms with E-state index in [0.717, 1.165) is 22.8 Å². The first kappa shape index (κ1) is 46.8. The molecule has 0 spiro atoms. The maximum absolute atomic E-state index is 4.92. The number of hydrogen-bond acceptors (Lipinski definition) is 4. The quantitative estimate of drug-likeness (QED) is 0.131. The zero-order chi connectivity index (χ0) is 42.9. The molecule has 2 heterocycles. The molecule has 4 aromatic rings. The van der Waals surface area contributed by atoms with Crippen molar-refractivity contribution in [3.63, 3.8) is 0 Å². The van der Waals surface area contributed by atoms with E-state index in [1.807, 2.05) is 0 Å². The van der Waals surface area contributed by atoms with Gasteiger partial charge in [-0.05, 0) is 145 Å². The molecule has 7 heteroatoms. The Morgan fingerprint density at radius 3 is 0.881 bits per heavy atom. The number of hydrogen-bond donors (Lipinski definition) is 0. The summed E-state index contributed by atoms with van der Waals surface area (Å²) in [6.07, 6.45) is 4.24. The van der Waals surface area contributed by atoms with Gasteiger partial charge in [0.25, 0.3) is 0 Å². The Kier molecular flexibility index (Phi) is 15.1. The van der Waals surface area contributed by atoms with Gasteiger partial charge in [0.2, 0.25) is 0 Å². The summed E-state index contributed by atoms with van der Waals surface area (Å²) in [4.78, 5) is 8.97. The van der Waals surface area contributed by atoms with E-state index in [1.54, 1.807) is 0 Å². The molecule has 6 rings (SSSR count). The predicted molar refractivity (Wildman–Crippen MR) is 250 cm³/mol. The first-order valence-corrected chi connectivity index (χ1v) is 20.5. The predicted octanol–water partition coefficient (Wildman–Crippen LogP) is 15.2. The fourth-order valence-electron chi connectivity index (χ4n) is 8.64. The topological polar surface area (TPSA) is 41.2 Å². The normalized spacial score (nSPS) is 14.6. The number of benzene rings is 4. The van der Waals surface area contributed by atoms with Crippen LogP contribution in [0.3, 0.4) is 0 Å². The third kappa shape index (κ3) is 10.5. The largest absolute Gasteiger partial charge is 4.00 e. The fraction of sp³-hybridized carbons (Fsp3) is 0.346. The Labute approximate surface area is 368 Å². The summed E-state index contributed by atoms with van der Waals surface area (Å²) in [6.45, 7) is 43.0. The molecule has 2 aliphatic heterocycles. The molecule has 2 aliphatic rings. The van der Waals surface area contributed by atoms with Crippen LogP contribution in [-0.4, -0.2) is 9.80 Å². The summed E-state index contributed by atoms with van der Waals surface area (Å²) in [7, 11) is 0. The number of rotatable bonds is 8. The molecule has 312 valence electrons. The zero-order valence-electron chi connectivity index (χ0n) is 39.0. The third-order valence-electron chi connectivity index (χ3n) is 11.3. The maximum Gasteiger partial charge on any atom is 4.00 e. The van der Waals surface area contributed by atoms with Gasteiger partial charge in [-0.1, -0.05) is 107 Å². The number of aryl methyl sites for hydroxylation is 12. The van der Waals surface area contributed by atoms with Crippen molar-refractivity contribution in [3.05, 3.63) is 186 Å². The smallest absolute Gasteiger partial charge is 0.660 e. The van der Waals surface area contributed by atoms with Crippen LogP contribution in [0.2, 0.25) is 0 Å². The molecule has 0 bridgehead atoms. The Hall–Kier alpha value is -4.84. The molecule has 0 atom stereocenters. The summed E-state index contributed by atoms with van der Waals surface area (Å²) in [5.41, 5.74) is 26.8. The molecule has 59 heavy (non-hydrogen) atoms. The SMILES string of the molecule is CC1=C(C)N(c2c(C)cc(C)cc2C)[CH-]N1/C=C(/C)[N-]c1c(C)cc(C)cc1C.CC1=C(C)N(c2c(C)cc(C)cc2C)[CH-]N1/C=C(/C)[N-]c1c(C)cc(C)cc1C.[Fe+4]. The van der Waals surface area contributed by atoms with Crippen molar-refractivity contribution >= 4 is 22.7 Å². The van der Waals surface area contributed by atoms with Crippen LogP contribution in [0.25, 0.3) is 10.6 Å². The van der Waals surface area contributed by atoms with Gasteiger partial charge in [-0.3, -0.25) is 0 Å². The summed E-state index contributed by atoms with van der Waals surface area (Å²) in [5.74, 6) is 0. The Bertz CT molecular complexity index is 2100. The van der Waals surface area contributed by atoms with Gasteiger partial charge in [0.15, 0.2) is 0 Å². The second-order valence-corrected chi connectivity index (χ2v) is 16.9.